The number of aromatic nitrogens is 3. The number of anilines is 2. The van der Waals surface area contributed by atoms with Gasteiger partial charge in [-0.3, -0.25) is 14.9 Å². The summed E-state index contributed by atoms with van der Waals surface area (Å²) in [5.74, 6) is 0.434. The molecule has 0 saturated heterocycles. The summed E-state index contributed by atoms with van der Waals surface area (Å²) < 4.78 is 1.60. The molecular weight excluding hydrogens is 503 g/mol. The average Bonchev–Trinajstić information content (AvgIpc) is 3.29. The van der Waals surface area contributed by atoms with E-state index in [1.165, 1.54) is 12.1 Å². The van der Waals surface area contributed by atoms with E-state index < -0.39 is 11.0 Å². The highest BCUT2D eigenvalue weighted by atomic mass is 35.5. The topological polar surface area (TPSA) is 115 Å². The lowest BCUT2D eigenvalue weighted by molar-refractivity contribution is -0.384. The summed E-state index contributed by atoms with van der Waals surface area (Å²) >= 11 is 12.5. The Morgan fingerprint density at radius 2 is 1.78 bits per heavy atom. The summed E-state index contributed by atoms with van der Waals surface area (Å²) in [5.41, 5.74) is 2.90. The zero-order valence-corrected chi connectivity index (χ0v) is 20.3. The number of hydrogen-bond donors (Lipinski definition) is 2. The molecule has 1 unspecified atom stereocenters. The van der Waals surface area contributed by atoms with Gasteiger partial charge in [0.25, 0.3) is 11.6 Å². The van der Waals surface area contributed by atoms with Crippen molar-refractivity contribution in [2.24, 2.45) is 0 Å². The van der Waals surface area contributed by atoms with Crippen molar-refractivity contribution < 1.29 is 9.72 Å². The first-order valence-corrected chi connectivity index (χ1v) is 11.6. The minimum atomic E-state index is -0.668. The second-order valence-electron chi connectivity index (χ2n) is 8.07. The fourth-order valence-corrected chi connectivity index (χ4v) is 4.32. The van der Waals surface area contributed by atoms with E-state index >= 15 is 0 Å². The van der Waals surface area contributed by atoms with E-state index in [9.17, 15) is 14.9 Å². The summed E-state index contributed by atoms with van der Waals surface area (Å²) in [6.07, 6.45) is 0. The van der Waals surface area contributed by atoms with Gasteiger partial charge in [0.1, 0.15) is 6.04 Å². The van der Waals surface area contributed by atoms with Crippen molar-refractivity contribution in [3.63, 3.8) is 0 Å². The smallest absolute Gasteiger partial charge is 0.269 e. The number of benzene rings is 3. The van der Waals surface area contributed by atoms with Gasteiger partial charge in [0.15, 0.2) is 5.82 Å². The molecule has 5 rings (SSSR count). The molecule has 2 heterocycles. The van der Waals surface area contributed by atoms with Crippen LogP contribution in [0.3, 0.4) is 0 Å². The van der Waals surface area contributed by atoms with Crippen LogP contribution in [0.4, 0.5) is 17.3 Å². The SMILES string of the molecule is CC1=C(C(=O)Nc2ccccc2)C(c2ccc(Cl)c(Cl)c2)n2nc(-c3ccc([N+](=O)[O-])cc3)nc2N1. The van der Waals surface area contributed by atoms with Gasteiger partial charge in [0.05, 0.1) is 20.5 Å². The molecule has 0 radical (unpaired) electrons. The van der Waals surface area contributed by atoms with Crippen LogP contribution in [0.2, 0.25) is 10.0 Å². The van der Waals surface area contributed by atoms with Gasteiger partial charge in [-0.25, -0.2) is 4.68 Å². The molecule has 1 aliphatic rings. The van der Waals surface area contributed by atoms with Gasteiger partial charge in [-0.2, -0.15) is 4.98 Å². The van der Waals surface area contributed by atoms with Gasteiger partial charge in [-0.15, -0.1) is 5.10 Å². The fourth-order valence-electron chi connectivity index (χ4n) is 4.01. The number of allylic oxidation sites excluding steroid dienone is 1. The number of halogens is 2. The first-order chi connectivity index (χ1) is 17.3. The molecule has 0 spiro atoms. The Hall–Kier alpha value is -4.21. The molecule has 0 bridgehead atoms. The van der Waals surface area contributed by atoms with E-state index in [4.69, 9.17) is 23.2 Å². The summed E-state index contributed by atoms with van der Waals surface area (Å²) in [6.45, 7) is 1.79. The van der Waals surface area contributed by atoms with Crippen LogP contribution in [0.1, 0.15) is 18.5 Å². The zero-order valence-electron chi connectivity index (χ0n) is 18.8. The van der Waals surface area contributed by atoms with Gasteiger partial charge in [-0.1, -0.05) is 47.5 Å². The molecule has 9 nitrogen and oxygen atoms in total. The number of carbonyl (C=O) groups is 1. The number of non-ortho nitro benzene ring substituents is 1. The van der Waals surface area contributed by atoms with E-state index in [0.717, 1.165) is 0 Å². The van der Waals surface area contributed by atoms with Gasteiger partial charge in [-0.05, 0) is 48.9 Å². The van der Waals surface area contributed by atoms with Crippen LogP contribution in [0.25, 0.3) is 11.4 Å². The second-order valence-corrected chi connectivity index (χ2v) is 8.88. The highest BCUT2D eigenvalue weighted by molar-refractivity contribution is 6.42. The molecule has 3 aromatic carbocycles. The number of para-hydroxylation sites is 1. The van der Waals surface area contributed by atoms with Crippen LogP contribution in [-0.4, -0.2) is 25.6 Å². The highest BCUT2D eigenvalue weighted by Gasteiger charge is 2.35. The molecule has 180 valence electrons. The Kier molecular flexibility index (Phi) is 6.17. The lowest BCUT2D eigenvalue weighted by atomic mass is 9.95. The van der Waals surface area contributed by atoms with E-state index in [0.29, 0.717) is 49.9 Å². The molecule has 1 amide bonds. The van der Waals surface area contributed by atoms with Gasteiger partial charge in [0.2, 0.25) is 5.95 Å². The average molecular weight is 521 g/mol. The molecule has 0 fully saturated rings. The minimum Gasteiger partial charge on any atom is -0.328 e. The number of nitro groups is 1. The Labute approximate surface area is 215 Å². The molecule has 36 heavy (non-hydrogen) atoms. The summed E-state index contributed by atoms with van der Waals surface area (Å²) in [5, 5.41) is 22.5. The molecule has 4 aromatic rings. The molecule has 1 aromatic heterocycles. The van der Waals surface area contributed by atoms with Gasteiger partial charge < -0.3 is 10.6 Å². The van der Waals surface area contributed by atoms with E-state index in [1.54, 1.807) is 54.1 Å². The van der Waals surface area contributed by atoms with E-state index in [2.05, 4.69) is 20.7 Å². The Balaban J connectivity index is 1.60. The van der Waals surface area contributed by atoms with Crippen molar-refractivity contribution in [2.45, 2.75) is 13.0 Å². The number of nitrogens with zero attached hydrogens (tertiary/aromatic N) is 4. The van der Waals surface area contributed by atoms with Crippen LogP contribution in [0, 0.1) is 10.1 Å². The molecule has 0 aliphatic carbocycles. The molecular formula is C25H18Cl2N6O3. The lowest BCUT2D eigenvalue weighted by Crippen LogP contribution is -2.31. The first kappa shape index (κ1) is 23.5. The molecule has 2 N–H and O–H groups in total. The predicted octanol–water partition coefficient (Wildman–Crippen LogP) is 6.09. The van der Waals surface area contributed by atoms with Crippen LogP contribution >= 0.6 is 23.2 Å². The Bertz CT molecular complexity index is 1520. The molecule has 0 saturated carbocycles. The van der Waals surface area contributed by atoms with Crippen molar-refractivity contribution in [3.8, 4) is 11.4 Å². The van der Waals surface area contributed by atoms with Crippen molar-refractivity contribution >= 4 is 46.4 Å². The standard InChI is InChI=1S/C25H18Cl2N6O3/c1-14-21(24(34)29-17-5-3-2-4-6-17)22(16-9-12-19(26)20(27)13-16)32-25(28-14)30-23(31-32)15-7-10-18(11-8-15)33(35)36/h2-13,22H,1H3,(H,29,34)(H,28,30,31). The Morgan fingerprint density at radius 3 is 2.44 bits per heavy atom. The van der Waals surface area contributed by atoms with Crippen molar-refractivity contribution in [3.05, 3.63) is 110 Å². The van der Waals surface area contributed by atoms with Crippen LogP contribution in [-0.2, 0) is 4.79 Å². The first-order valence-electron chi connectivity index (χ1n) is 10.8. The number of carbonyl (C=O) groups excluding carboxylic acids is 1. The molecule has 11 heteroatoms. The number of nitro benzene ring substituents is 1. The third-order valence-electron chi connectivity index (χ3n) is 5.72. The second kappa shape index (κ2) is 9.44. The normalized spacial score (nSPS) is 14.7. The van der Waals surface area contributed by atoms with Gasteiger partial charge in [0, 0.05) is 29.1 Å². The zero-order chi connectivity index (χ0) is 25.4. The van der Waals surface area contributed by atoms with Crippen molar-refractivity contribution in [1.82, 2.24) is 14.8 Å². The minimum absolute atomic E-state index is 0.0353. The number of nitrogens with one attached hydrogen (secondary N) is 2. The Morgan fingerprint density at radius 1 is 1.06 bits per heavy atom. The van der Waals surface area contributed by atoms with Gasteiger partial charge >= 0.3 is 0 Å². The van der Waals surface area contributed by atoms with Crippen LogP contribution in [0.15, 0.2) is 84.1 Å². The predicted molar refractivity (Wildman–Crippen MR) is 138 cm³/mol. The quantitative estimate of drug-likeness (QED) is 0.243. The molecule has 1 aliphatic heterocycles. The monoisotopic (exact) mass is 520 g/mol. The number of amides is 1. The summed E-state index contributed by atoms with van der Waals surface area (Å²) in [6, 6.07) is 19.5. The lowest BCUT2D eigenvalue weighted by Gasteiger charge is -2.29. The maximum atomic E-state index is 13.5. The van der Waals surface area contributed by atoms with Crippen LogP contribution < -0.4 is 10.6 Å². The third-order valence-corrected chi connectivity index (χ3v) is 6.46. The number of fused-ring (bicyclic) bond motifs is 1. The van der Waals surface area contributed by atoms with E-state index in [-0.39, 0.29) is 11.6 Å². The molecule has 1 atom stereocenters. The maximum absolute atomic E-state index is 13.5. The summed E-state index contributed by atoms with van der Waals surface area (Å²) in [7, 11) is 0. The largest absolute Gasteiger partial charge is 0.328 e. The maximum Gasteiger partial charge on any atom is 0.269 e. The van der Waals surface area contributed by atoms with Crippen molar-refractivity contribution in [1.29, 1.82) is 0 Å². The number of hydrogen-bond acceptors (Lipinski definition) is 6. The highest BCUT2D eigenvalue weighted by Crippen LogP contribution is 2.38. The van der Waals surface area contributed by atoms with E-state index in [1.807, 2.05) is 18.2 Å². The van der Waals surface area contributed by atoms with Crippen LogP contribution in [0.5, 0.6) is 0 Å². The fraction of sp³-hybridized carbons (Fsp3) is 0.0800. The van der Waals surface area contributed by atoms with Crippen molar-refractivity contribution in [2.75, 3.05) is 10.6 Å². The number of rotatable bonds is 5. The third kappa shape index (κ3) is 4.41. The summed E-state index contributed by atoms with van der Waals surface area (Å²) in [4.78, 5) is 28.6.